The van der Waals surface area contributed by atoms with Crippen LogP contribution in [0.15, 0.2) is 143 Å². The number of nitrogens with zero attached hydrogens (tertiary/aromatic N) is 2. The lowest BCUT2D eigenvalue weighted by atomic mass is 9.35. The van der Waals surface area contributed by atoms with E-state index >= 15 is 0 Å². The predicted molar refractivity (Wildman–Crippen MR) is 288 cm³/mol. The summed E-state index contributed by atoms with van der Waals surface area (Å²) in [5, 5.41) is 8.40. The molecule has 3 nitrogen and oxygen atoms in total. The van der Waals surface area contributed by atoms with Gasteiger partial charge in [-0.25, -0.2) is 0 Å². The van der Waals surface area contributed by atoms with Crippen molar-refractivity contribution in [2.24, 2.45) is 0 Å². The summed E-state index contributed by atoms with van der Waals surface area (Å²) < 4.78 is 9.99. The molecule has 66 heavy (non-hydrogen) atoms. The first kappa shape index (κ1) is 41.1. The number of rotatable bonds is 4. The largest absolute Gasteiger partial charge is 0.468 e. The van der Waals surface area contributed by atoms with Crippen LogP contribution in [0.1, 0.15) is 74.9 Å². The number of hydrogen-bond acceptors (Lipinski definition) is 5. The van der Waals surface area contributed by atoms with Crippen molar-refractivity contribution < 1.29 is 4.42 Å². The summed E-state index contributed by atoms with van der Waals surface area (Å²) in [6.07, 6.45) is 0. The van der Waals surface area contributed by atoms with Crippen molar-refractivity contribution in [2.45, 2.75) is 80.1 Å². The second-order valence-corrected chi connectivity index (χ2v) is 22.6. The van der Waals surface area contributed by atoms with Crippen LogP contribution in [0, 0.1) is 27.7 Å². The zero-order valence-electron chi connectivity index (χ0n) is 39.5. The fourth-order valence-corrected chi connectivity index (χ4v) is 13.1. The van der Waals surface area contributed by atoms with Crippen molar-refractivity contribution >= 4 is 111 Å². The number of aryl methyl sites for hydroxylation is 4. The molecule has 3 aromatic heterocycles. The minimum atomic E-state index is -0.140. The summed E-state index contributed by atoms with van der Waals surface area (Å²) in [4.78, 5) is 5.16. The number of fused-ring (bicyclic) bond motifs is 8. The highest BCUT2D eigenvalue weighted by Crippen LogP contribution is 2.51. The number of thiophene rings is 2. The quantitative estimate of drug-likeness (QED) is 0.164. The van der Waals surface area contributed by atoms with E-state index in [9.17, 15) is 0 Å². The van der Waals surface area contributed by atoms with Crippen LogP contribution < -0.4 is 26.4 Å². The molecule has 0 spiro atoms. The van der Waals surface area contributed by atoms with E-state index in [1.165, 1.54) is 115 Å². The van der Waals surface area contributed by atoms with Gasteiger partial charge in [0.15, 0.2) is 0 Å². The lowest BCUT2D eigenvalue weighted by Crippen LogP contribution is -2.61. The van der Waals surface area contributed by atoms with Crippen LogP contribution >= 0.6 is 22.7 Å². The topological polar surface area (TPSA) is 19.6 Å². The molecule has 324 valence electrons. The van der Waals surface area contributed by atoms with E-state index in [1.54, 1.807) is 0 Å². The number of furan rings is 1. The fraction of sp³-hybridized carbons (Fsp3) is 0.200. The Morgan fingerprint density at radius 3 is 1.65 bits per heavy atom. The van der Waals surface area contributed by atoms with Crippen molar-refractivity contribution in [3.63, 3.8) is 0 Å². The summed E-state index contributed by atoms with van der Waals surface area (Å²) in [5.41, 5.74) is 24.2. The van der Waals surface area contributed by atoms with Crippen molar-refractivity contribution in [3.05, 3.63) is 172 Å². The van der Waals surface area contributed by atoms with E-state index in [4.69, 9.17) is 4.42 Å². The highest BCUT2D eigenvalue weighted by molar-refractivity contribution is 7.18. The first-order chi connectivity index (χ1) is 31.7. The van der Waals surface area contributed by atoms with Crippen LogP contribution in [0.3, 0.4) is 0 Å². The SMILES string of the molecule is Cc1cc(C(C)(C)C)cc(C)c1N1c2cc(-c3csc4ccccc34)ccc2B2c3oc4ccc(C(C)(C)C)cc4c3N(c3c(C)cc(-c4csc5ccccc45)cc3C)c3cccc1c32. The minimum absolute atomic E-state index is 0.0187. The fourth-order valence-electron chi connectivity index (χ4n) is 11.1. The summed E-state index contributed by atoms with van der Waals surface area (Å²) in [5.74, 6) is 0. The maximum atomic E-state index is 7.37. The van der Waals surface area contributed by atoms with Crippen molar-refractivity contribution in [1.82, 2.24) is 0 Å². The van der Waals surface area contributed by atoms with Crippen molar-refractivity contribution in [1.29, 1.82) is 0 Å². The lowest BCUT2D eigenvalue weighted by Gasteiger charge is -2.44. The molecule has 0 bridgehead atoms. The van der Waals surface area contributed by atoms with Gasteiger partial charge in [0, 0.05) is 53.7 Å². The molecule has 0 saturated heterocycles. The molecule has 6 heteroatoms. The van der Waals surface area contributed by atoms with Gasteiger partial charge in [-0.1, -0.05) is 114 Å². The van der Waals surface area contributed by atoms with Gasteiger partial charge < -0.3 is 14.2 Å². The molecule has 0 aliphatic carbocycles. The average Bonchev–Trinajstić information content (AvgIpc) is 4.02. The molecule has 0 unspecified atom stereocenters. The molecule has 0 radical (unpaired) electrons. The van der Waals surface area contributed by atoms with Gasteiger partial charge >= 0.3 is 0 Å². The Bertz CT molecular complexity index is 3600. The Morgan fingerprint density at radius 2 is 1.03 bits per heavy atom. The molecule has 0 saturated carbocycles. The third kappa shape index (κ3) is 6.14. The smallest absolute Gasteiger partial charge is 0.297 e. The maximum absolute atomic E-state index is 7.37. The summed E-state index contributed by atoms with van der Waals surface area (Å²) >= 11 is 3.64. The van der Waals surface area contributed by atoms with E-state index in [0.717, 1.165) is 22.3 Å². The number of benzene rings is 7. The molecular weight excluding hydrogens is 840 g/mol. The third-order valence-electron chi connectivity index (χ3n) is 14.3. The summed E-state index contributed by atoms with van der Waals surface area (Å²) in [6, 6.07) is 48.3. The number of hydrogen-bond donors (Lipinski definition) is 0. The molecule has 7 aromatic carbocycles. The molecular formula is C60H53BN2OS2. The van der Waals surface area contributed by atoms with Gasteiger partial charge in [0.05, 0.1) is 22.7 Å². The van der Waals surface area contributed by atoms with Crippen LogP contribution in [-0.4, -0.2) is 6.71 Å². The van der Waals surface area contributed by atoms with Crippen LogP contribution in [0.2, 0.25) is 0 Å². The van der Waals surface area contributed by atoms with E-state index in [-0.39, 0.29) is 17.5 Å². The maximum Gasteiger partial charge on any atom is 0.297 e. The minimum Gasteiger partial charge on any atom is -0.468 e. The summed E-state index contributed by atoms with van der Waals surface area (Å²) in [7, 11) is 0. The molecule has 0 atom stereocenters. The van der Waals surface area contributed by atoms with Gasteiger partial charge in [-0.15, -0.1) is 22.7 Å². The van der Waals surface area contributed by atoms with E-state index in [0.29, 0.717) is 0 Å². The highest BCUT2D eigenvalue weighted by Gasteiger charge is 2.47. The van der Waals surface area contributed by atoms with Gasteiger partial charge in [0.1, 0.15) is 5.58 Å². The van der Waals surface area contributed by atoms with E-state index < -0.39 is 0 Å². The van der Waals surface area contributed by atoms with E-state index in [2.05, 4.69) is 217 Å². The Morgan fingerprint density at radius 1 is 0.470 bits per heavy atom. The molecule has 5 heterocycles. The molecule has 10 aromatic rings. The number of anilines is 6. The van der Waals surface area contributed by atoms with Gasteiger partial charge in [-0.3, -0.25) is 0 Å². The van der Waals surface area contributed by atoms with Gasteiger partial charge in [-0.2, -0.15) is 0 Å². The van der Waals surface area contributed by atoms with Gasteiger partial charge in [0.2, 0.25) is 0 Å². The standard InChI is InChI=1S/C60H53BN2OS2/c1-34-26-39(46-33-66-53-21-14-12-17-43(46)53)27-35(2)56(34)63-49-19-15-18-48-54(49)61(58-57(63)44-31-40(59(5,6)7)23-25-51(44)64-58)47-24-22-38(45-32-65-52-20-13-11-16-42(45)52)30-50(47)62(48)55-36(3)28-41(29-37(55)4)60(8,9)10/h11-33H,1-10H3. The second-order valence-electron chi connectivity index (χ2n) is 20.8. The van der Waals surface area contributed by atoms with Crippen LogP contribution in [-0.2, 0) is 10.8 Å². The zero-order chi connectivity index (χ0) is 45.6. The normalized spacial score (nSPS) is 13.5. The van der Waals surface area contributed by atoms with Gasteiger partial charge in [-0.05, 0) is 159 Å². The van der Waals surface area contributed by atoms with Crippen molar-refractivity contribution in [3.8, 4) is 22.3 Å². The molecule has 0 amide bonds. The van der Waals surface area contributed by atoms with Crippen LogP contribution in [0.4, 0.5) is 34.1 Å². The van der Waals surface area contributed by atoms with Crippen LogP contribution in [0.5, 0.6) is 0 Å². The zero-order valence-corrected chi connectivity index (χ0v) is 41.1. The Hall–Kier alpha value is -6.34. The predicted octanol–water partition coefficient (Wildman–Crippen LogP) is 16.1. The van der Waals surface area contributed by atoms with Crippen molar-refractivity contribution in [2.75, 3.05) is 9.80 Å². The molecule has 0 N–H and O–H groups in total. The Kier molecular flexibility index (Phi) is 9.08. The summed E-state index contributed by atoms with van der Waals surface area (Å²) in [6.45, 7) is 22.9. The van der Waals surface area contributed by atoms with Gasteiger partial charge in [0.25, 0.3) is 6.71 Å². The Balaban J connectivity index is 1.16. The molecule has 12 rings (SSSR count). The Labute approximate surface area is 397 Å². The second kappa shape index (κ2) is 14.6. The molecule has 0 fully saturated rings. The first-order valence-corrected chi connectivity index (χ1v) is 25.0. The lowest BCUT2D eigenvalue weighted by molar-refractivity contribution is 0.589. The molecule has 2 aliphatic rings. The highest BCUT2D eigenvalue weighted by atomic mass is 32.1. The monoisotopic (exact) mass is 892 g/mol. The average molecular weight is 893 g/mol. The van der Waals surface area contributed by atoms with Crippen LogP contribution in [0.25, 0.3) is 53.4 Å². The third-order valence-corrected chi connectivity index (χ3v) is 16.3. The van der Waals surface area contributed by atoms with E-state index in [1.807, 2.05) is 22.7 Å². The molecule has 2 aliphatic heterocycles. The first-order valence-electron chi connectivity index (χ1n) is 23.3.